The lowest BCUT2D eigenvalue weighted by Gasteiger charge is -2.13. The van der Waals surface area contributed by atoms with Gasteiger partial charge in [0.15, 0.2) is 11.5 Å². The molecule has 154 valence electrons. The van der Waals surface area contributed by atoms with E-state index in [1.165, 1.54) is 30.5 Å². The van der Waals surface area contributed by atoms with E-state index in [0.717, 1.165) is 0 Å². The zero-order valence-corrected chi connectivity index (χ0v) is 17.6. The fraction of sp³-hybridized carbons (Fsp3) is 0.250. The van der Waals surface area contributed by atoms with Crippen molar-refractivity contribution in [1.29, 1.82) is 0 Å². The molecular formula is C20H21BrFN3O4. The second kappa shape index (κ2) is 11.2. The standard InChI is InChI=1S/C20H21BrFN3O4/c1-3-28-17-10-13(9-16(21)20(17)29-4-2)12-23-25-19(27)11-18(26)24-15-7-5-14(22)6-8-15/h5-10,12H,3-4,11H2,1-2H3,(H,24,26)(H,25,27). The maximum Gasteiger partial charge on any atom is 0.249 e. The lowest BCUT2D eigenvalue weighted by Crippen LogP contribution is -2.24. The van der Waals surface area contributed by atoms with E-state index in [-0.39, 0.29) is 0 Å². The second-order valence-corrected chi connectivity index (χ2v) is 6.58. The molecule has 0 saturated carbocycles. The van der Waals surface area contributed by atoms with Crippen molar-refractivity contribution in [2.24, 2.45) is 5.10 Å². The minimum Gasteiger partial charge on any atom is -0.490 e. The number of hydrogen-bond donors (Lipinski definition) is 2. The van der Waals surface area contributed by atoms with Crippen LogP contribution in [0.1, 0.15) is 25.8 Å². The average molecular weight is 466 g/mol. The Bertz CT molecular complexity index is 888. The Labute approximate surface area is 176 Å². The number of carbonyl (C=O) groups excluding carboxylic acids is 2. The van der Waals surface area contributed by atoms with Crippen molar-refractivity contribution in [2.45, 2.75) is 20.3 Å². The number of nitrogens with one attached hydrogen (secondary N) is 2. The summed E-state index contributed by atoms with van der Waals surface area (Å²) in [6.45, 7) is 4.69. The Morgan fingerprint density at radius 1 is 1.10 bits per heavy atom. The smallest absolute Gasteiger partial charge is 0.249 e. The summed E-state index contributed by atoms with van der Waals surface area (Å²) in [4.78, 5) is 23.7. The Morgan fingerprint density at radius 2 is 1.79 bits per heavy atom. The summed E-state index contributed by atoms with van der Waals surface area (Å²) in [6, 6.07) is 8.74. The third-order valence-electron chi connectivity index (χ3n) is 3.47. The van der Waals surface area contributed by atoms with Crippen molar-refractivity contribution in [3.8, 4) is 11.5 Å². The molecule has 0 heterocycles. The number of carbonyl (C=O) groups is 2. The predicted octanol–water partition coefficient (Wildman–Crippen LogP) is 3.86. The first-order valence-corrected chi connectivity index (χ1v) is 9.68. The fourth-order valence-corrected chi connectivity index (χ4v) is 2.89. The van der Waals surface area contributed by atoms with Crippen LogP contribution in [0.2, 0.25) is 0 Å². The van der Waals surface area contributed by atoms with Crippen molar-refractivity contribution in [3.05, 3.63) is 52.3 Å². The van der Waals surface area contributed by atoms with Gasteiger partial charge >= 0.3 is 0 Å². The summed E-state index contributed by atoms with van der Waals surface area (Å²) in [6.07, 6.45) is 1.00. The van der Waals surface area contributed by atoms with Crippen LogP contribution in [-0.4, -0.2) is 31.2 Å². The van der Waals surface area contributed by atoms with Crippen LogP contribution in [0.5, 0.6) is 11.5 Å². The molecule has 2 aromatic carbocycles. The molecule has 0 bridgehead atoms. The minimum atomic E-state index is -0.587. The van der Waals surface area contributed by atoms with Gasteiger partial charge in [0.2, 0.25) is 11.8 Å². The van der Waals surface area contributed by atoms with Gasteiger partial charge in [-0.1, -0.05) is 0 Å². The van der Waals surface area contributed by atoms with Crippen LogP contribution < -0.4 is 20.2 Å². The zero-order valence-electron chi connectivity index (χ0n) is 16.0. The first-order valence-electron chi connectivity index (χ1n) is 8.89. The van der Waals surface area contributed by atoms with Gasteiger partial charge in [-0.3, -0.25) is 9.59 Å². The van der Waals surface area contributed by atoms with Crippen LogP contribution in [-0.2, 0) is 9.59 Å². The fourth-order valence-electron chi connectivity index (χ4n) is 2.31. The van der Waals surface area contributed by atoms with E-state index >= 15 is 0 Å². The molecule has 29 heavy (non-hydrogen) atoms. The Hall–Kier alpha value is -2.94. The van der Waals surface area contributed by atoms with E-state index in [4.69, 9.17) is 9.47 Å². The molecule has 0 atom stereocenters. The third kappa shape index (κ3) is 7.19. The van der Waals surface area contributed by atoms with Gasteiger partial charge in [0.1, 0.15) is 12.2 Å². The number of hydrogen-bond acceptors (Lipinski definition) is 5. The predicted molar refractivity (Wildman–Crippen MR) is 112 cm³/mol. The van der Waals surface area contributed by atoms with Gasteiger partial charge in [-0.25, -0.2) is 9.82 Å². The maximum atomic E-state index is 12.9. The second-order valence-electron chi connectivity index (χ2n) is 5.72. The van der Waals surface area contributed by atoms with Crippen LogP contribution in [0, 0.1) is 5.82 Å². The Morgan fingerprint density at radius 3 is 2.45 bits per heavy atom. The summed E-state index contributed by atoms with van der Waals surface area (Å²) in [5.74, 6) is -0.394. The van der Waals surface area contributed by atoms with Gasteiger partial charge in [0.25, 0.3) is 0 Å². The van der Waals surface area contributed by atoms with E-state index in [2.05, 4.69) is 31.8 Å². The van der Waals surface area contributed by atoms with E-state index in [1.807, 2.05) is 13.8 Å². The van der Waals surface area contributed by atoms with Gasteiger partial charge in [-0.05, 0) is 71.7 Å². The van der Waals surface area contributed by atoms with Crippen molar-refractivity contribution in [2.75, 3.05) is 18.5 Å². The van der Waals surface area contributed by atoms with Crippen LogP contribution in [0.25, 0.3) is 0 Å². The van der Waals surface area contributed by atoms with Gasteiger partial charge in [0, 0.05) is 5.69 Å². The van der Waals surface area contributed by atoms with Crippen LogP contribution in [0.3, 0.4) is 0 Å². The van der Waals surface area contributed by atoms with E-state index in [1.54, 1.807) is 12.1 Å². The Kier molecular flexibility index (Phi) is 8.60. The minimum absolute atomic E-state index is 0.399. The molecule has 2 N–H and O–H groups in total. The summed E-state index contributed by atoms with van der Waals surface area (Å²) < 4.78 is 24.7. The lowest BCUT2D eigenvalue weighted by atomic mass is 10.2. The number of anilines is 1. The first kappa shape index (κ1) is 22.4. The molecule has 0 unspecified atom stereocenters. The molecule has 0 fully saturated rings. The topological polar surface area (TPSA) is 89.0 Å². The van der Waals surface area contributed by atoms with Gasteiger partial charge < -0.3 is 14.8 Å². The molecular weight excluding hydrogens is 445 g/mol. The summed E-state index contributed by atoms with van der Waals surface area (Å²) in [5, 5.41) is 6.36. The van der Waals surface area contributed by atoms with Crippen LogP contribution >= 0.6 is 15.9 Å². The largest absolute Gasteiger partial charge is 0.490 e. The molecule has 0 saturated heterocycles. The molecule has 2 aromatic rings. The van der Waals surface area contributed by atoms with Crippen molar-refractivity contribution >= 4 is 39.6 Å². The molecule has 2 rings (SSSR count). The van der Waals surface area contributed by atoms with Crippen LogP contribution in [0.4, 0.5) is 10.1 Å². The molecule has 0 aliphatic heterocycles. The van der Waals surface area contributed by atoms with E-state index in [0.29, 0.717) is 40.4 Å². The highest BCUT2D eigenvalue weighted by atomic mass is 79.9. The van der Waals surface area contributed by atoms with Gasteiger partial charge in [-0.15, -0.1) is 0 Å². The molecule has 2 amide bonds. The van der Waals surface area contributed by atoms with Crippen molar-refractivity contribution in [1.82, 2.24) is 5.43 Å². The molecule has 0 radical (unpaired) electrons. The average Bonchev–Trinajstić information content (AvgIpc) is 2.66. The van der Waals surface area contributed by atoms with Crippen LogP contribution in [0.15, 0.2) is 46.0 Å². The molecule has 0 aromatic heterocycles. The quantitative estimate of drug-likeness (QED) is 0.334. The molecule has 0 aliphatic carbocycles. The molecule has 7 nitrogen and oxygen atoms in total. The van der Waals surface area contributed by atoms with E-state index < -0.39 is 24.1 Å². The van der Waals surface area contributed by atoms with Crippen molar-refractivity contribution in [3.63, 3.8) is 0 Å². The highest BCUT2D eigenvalue weighted by Crippen LogP contribution is 2.36. The summed E-state index contributed by atoms with van der Waals surface area (Å²) >= 11 is 3.43. The number of nitrogens with zero attached hydrogens (tertiary/aromatic N) is 1. The summed E-state index contributed by atoms with van der Waals surface area (Å²) in [5.41, 5.74) is 3.35. The monoisotopic (exact) mass is 465 g/mol. The highest BCUT2D eigenvalue weighted by molar-refractivity contribution is 9.10. The Balaban J connectivity index is 1.93. The molecule has 9 heteroatoms. The number of amides is 2. The SMILES string of the molecule is CCOc1cc(C=NNC(=O)CC(=O)Nc2ccc(F)cc2)cc(Br)c1OCC. The summed E-state index contributed by atoms with van der Waals surface area (Å²) in [7, 11) is 0. The lowest BCUT2D eigenvalue weighted by molar-refractivity contribution is -0.126. The zero-order chi connectivity index (χ0) is 21.2. The highest BCUT2D eigenvalue weighted by Gasteiger charge is 2.12. The first-order chi connectivity index (χ1) is 13.9. The third-order valence-corrected chi connectivity index (χ3v) is 4.06. The maximum absolute atomic E-state index is 12.9. The van der Waals surface area contributed by atoms with Crippen molar-refractivity contribution < 1.29 is 23.5 Å². The normalized spacial score (nSPS) is 10.6. The molecule has 0 aliphatic rings. The molecule has 0 spiro atoms. The van der Waals surface area contributed by atoms with E-state index in [9.17, 15) is 14.0 Å². The van der Waals surface area contributed by atoms with Gasteiger partial charge in [-0.2, -0.15) is 5.10 Å². The number of ether oxygens (including phenoxy) is 2. The number of hydrazone groups is 1. The number of halogens is 2. The number of rotatable bonds is 9. The number of benzene rings is 2. The van der Waals surface area contributed by atoms with Gasteiger partial charge in [0.05, 0.1) is 23.9 Å².